The molecule has 0 bridgehead atoms. The minimum Gasteiger partial charge on any atom is -0.383 e. The molecule has 1 unspecified atom stereocenters. The van der Waals surface area contributed by atoms with E-state index in [4.69, 9.17) is 28.9 Å². The van der Waals surface area contributed by atoms with Gasteiger partial charge < -0.3 is 5.73 Å². The van der Waals surface area contributed by atoms with Crippen LogP contribution < -0.4 is 11.4 Å². The average Bonchev–Trinajstić information content (AvgIpc) is 2.66. The Hall–Kier alpha value is -2.29. The molecule has 0 amide bonds. The number of nitrogens with zero attached hydrogens (tertiary/aromatic N) is 2. The fourth-order valence-corrected chi connectivity index (χ4v) is 3.70. The fourth-order valence-electron chi connectivity index (χ4n) is 2.88. The first-order valence-corrected chi connectivity index (χ1v) is 10.4. The van der Waals surface area contributed by atoms with Gasteiger partial charge in [0.1, 0.15) is 5.82 Å². The highest BCUT2D eigenvalue weighted by molar-refractivity contribution is 9.10. The third kappa shape index (κ3) is 5.31. The van der Waals surface area contributed by atoms with Crippen molar-refractivity contribution in [2.24, 2.45) is 0 Å². The van der Waals surface area contributed by atoms with Crippen molar-refractivity contribution >= 4 is 51.0 Å². The zero-order valence-electron chi connectivity index (χ0n) is 15.9. The van der Waals surface area contributed by atoms with E-state index in [1.165, 1.54) is 24.4 Å². The molecule has 162 valence electrons. The molecule has 1 atom stereocenters. The lowest BCUT2D eigenvalue weighted by Gasteiger charge is -2.20. The van der Waals surface area contributed by atoms with Crippen molar-refractivity contribution in [3.8, 4) is 5.69 Å². The summed E-state index contributed by atoms with van der Waals surface area (Å²) >= 11 is 15.7. The molecule has 1 heterocycles. The van der Waals surface area contributed by atoms with Crippen LogP contribution in [0.25, 0.3) is 11.8 Å². The van der Waals surface area contributed by atoms with Crippen LogP contribution in [0.2, 0.25) is 10.0 Å². The van der Waals surface area contributed by atoms with Gasteiger partial charge >= 0.3 is 11.9 Å². The van der Waals surface area contributed by atoms with Gasteiger partial charge in [-0.25, -0.2) is 4.79 Å². The second kappa shape index (κ2) is 9.06. The highest BCUT2D eigenvalue weighted by Gasteiger charge is 2.39. The van der Waals surface area contributed by atoms with Crippen molar-refractivity contribution in [2.45, 2.75) is 19.0 Å². The van der Waals surface area contributed by atoms with Crippen LogP contribution >= 0.6 is 39.1 Å². The summed E-state index contributed by atoms with van der Waals surface area (Å²) in [5, 5.41) is -0.204. The number of allylic oxidation sites excluding steroid dienone is 1. The maximum atomic E-state index is 13.9. The molecule has 3 aromatic rings. The molecular formula is C21H15BrCl2F3N3O. The quantitative estimate of drug-likeness (QED) is 0.414. The number of rotatable bonds is 4. The average molecular weight is 533 g/mol. The second-order valence-electron chi connectivity index (χ2n) is 6.73. The summed E-state index contributed by atoms with van der Waals surface area (Å²) in [4.78, 5) is 15.8. The molecule has 3 rings (SSSR count). The van der Waals surface area contributed by atoms with Crippen LogP contribution in [0.1, 0.15) is 22.6 Å². The van der Waals surface area contributed by atoms with Gasteiger partial charge in [-0.05, 0) is 47.9 Å². The van der Waals surface area contributed by atoms with Gasteiger partial charge in [0.2, 0.25) is 0 Å². The fraction of sp³-hybridized carbons (Fsp3) is 0.143. The zero-order chi connectivity index (χ0) is 22.9. The van der Waals surface area contributed by atoms with Crippen molar-refractivity contribution in [1.82, 2.24) is 9.55 Å². The van der Waals surface area contributed by atoms with E-state index in [0.29, 0.717) is 5.56 Å². The molecule has 2 aromatic carbocycles. The van der Waals surface area contributed by atoms with Crippen molar-refractivity contribution in [3.05, 3.63) is 90.4 Å². The first-order valence-electron chi connectivity index (χ1n) is 8.83. The molecule has 0 aliphatic carbocycles. The Labute approximate surface area is 194 Å². The molecule has 0 radical (unpaired) electrons. The van der Waals surface area contributed by atoms with Gasteiger partial charge in [0.25, 0.3) is 0 Å². The van der Waals surface area contributed by atoms with E-state index in [0.717, 1.165) is 26.7 Å². The van der Waals surface area contributed by atoms with Crippen molar-refractivity contribution in [3.63, 3.8) is 0 Å². The third-order valence-corrected chi connectivity index (χ3v) is 6.15. The van der Waals surface area contributed by atoms with Gasteiger partial charge in [-0.15, -0.1) is 0 Å². The number of hydrogen-bond acceptors (Lipinski definition) is 3. The Morgan fingerprint density at radius 1 is 1.19 bits per heavy atom. The summed E-state index contributed by atoms with van der Waals surface area (Å²) in [6.45, 7) is 1.88. The van der Waals surface area contributed by atoms with Crippen LogP contribution in [-0.4, -0.2) is 15.7 Å². The number of halogens is 6. The van der Waals surface area contributed by atoms with E-state index in [2.05, 4.69) is 20.9 Å². The van der Waals surface area contributed by atoms with Gasteiger partial charge in [0.05, 0.1) is 21.7 Å². The van der Waals surface area contributed by atoms with Crippen LogP contribution in [0.4, 0.5) is 19.0 Å². The molecule has 10 heteroatoms. The van der Waals surface area contributed by atoms with E-state index >= 15 is 0 Å². The lowest BCUT2D eigenvalue weighted by molar-refractivity contribution is -0.139. The number of benzene rings is 2. The van der Waals surface area contributed by atoms with Gasteiger partial charge in [0, 0.05) is 10.7 Å². The molecule has 1 aromatic heterocycles. The summed E-state index contributed by atoms with van der Waals surface area (Å²) in [6.07, 6.45) is -0.933. The summed E-state index contributed by atoms with van der Waals surface area (Å²) < 4.78 is 43.5. The Bertz CT molecular complexity index is 1230. The SMILES string of the molecule is Cc1ccc(/C=C/C(c2cc(Cl)c(Cl)c(-n3ccc(N)nc3=O)c2)C(F)(F)F)cc1Br. The topological polar surface area (TPSA) is 60.9 Å². The molecule has 2 N–H and O–H groups in total. The Kier molecular flexibility index (Phi) is 6.83. The van der Waals surface area contributed by atoms with Crippen LogP contribution in [0.5, 0.6) is 0 Å². The first-order chi connectivity index (χ1) is 14.5. The van der Waals surface area contributed by atoms with Crippen molar-refractivity contribution in [1.29, 1.82) is 0 Å². The number of hydrogen-bond donors (Lipinski definition) is 1. The molecule has 31 heavy (non-hydrogen) atoms. The summed E-state index contributed by atoms with van der Waals surface area (Å²) in [6, 6.07) is 8.86. The lowest BCUT2D eigenvalue weighted by atomic mass is 9.96. The van der Waals surface area contributed by atoms with Gasteiger partial charge in [-0.3, -0.25) is 4.57 Å². The molecule has 0 aliphatic heterocycles. The van der Waals surface area contributed by atoms with E-state index in [9.17, 15) is 18.0 Å². The highest BCUT2D eigenvalue weighted by Crippen LogP contribution is 2.40. The minimum absolute atomic E-state index is 0.0256. The molecule has 0 spiro atoms. The molecule has 0 aliphatic rings. The van der Waals surface area contributed by atoms with E-state index in [1.54, 1.807) is 18.2 Å². The molecule has 0 saturated carbocycles. The number of alkyl halides is 3. The molecule has 4 nitrogen and oxygen atoms in total. The molecule has 0 fully saturated rings. The van der Waals surface area contributed by atoms with E-state index < -0.39 is 17.8 Å². The molecule has 0 saturated heterocycles. The van der Waals surface area contributed by atoms with Crippen LogP contribution in [0.3, 0.4) is 0 Å². The van der Waals surface area contributed by atoms with E-state index in [1.807, 2.05) is 6.92 Å². The highest BCUT2D eigenvalue weighted by atomic mass is 79.9. The third-order valence-electron chi connectivity index (χ3n) is 4.50. The van der Waals surface area contributed by atoms with Crippen LogP contribution in [-0.2, 0) is 0 Å². The number of aromatic nitrogens is 2. The maximum Gasteiger partial charge on any atom is 0.399 e. The van der Waals surface area contributed by atoms with Gasteiger partial charge in [-0.1, -0.05) is 63.4 Å². The minimum atomic E-state index is -4.61. The number of nitrogen functional groups attached to an aromatic ring is 1. The van der Waals surface area contributed by atoms with Crippen LogP contribution in [0.15, 0.2) is 57.9 Å². The Morgan fingerprint density at radius 3 is 2.52 bits per heavy atom. The van der Waals surface area contributed by atoms with E-state index in [-0.39, 0.29) is 27.1 Å². The number of anilines is 1. The summed E-state index contributed by atoms with van der Waals surface area (Å²) in [5.41, 5.74) is 6.03. The zero-order valence-corrected chi connectivity index (χ0v) is 19.0. The predicted molar refractivity (Wildman–Crippen MR) is 121 cm³/mol. The predicted octanol–water partition coefficient (Wildman–Crippen LogP) is 6.55. The van der Waals surface area contributed by atoms with Gasteiger partial charge in [0.15, 0.2) is 0 Å². The Morgan fingerprint density at radius 2 is 1.90 bits per heavy atom. The largest absolute Gasteiger partial charge is 0.399 e. The van der Waals surface area contributed by atoms with Crippen molar-refractivity contribution < 1.29 is 13.2 Å². The monoisotopic (exact) mass is 531 g/mol. The summed E-state index contributed by atoms with van der Waals surface area (Å²) in [5.74, 6) is -2.02. The number of aryl methyl sites for hydroxylation is 1. The first kappa shape index (κ1) is 23.4. The lowest BCUT2D eigenvalue weighted by Crippen LogP contribution is -2.23. The second-order valence-corrected chi connectivity index (χ2v) is 8.37. The standard InChI is InChI=1S/C21H15BrCl2F3N3O/c1-11-2-3-12(8-15(11)22)4-5-14(21(25,26)27)13-9-16(23)19(24)17(10-13)30-7-6-18(28)29-20(30)31/h2-10,14H,1H3,(H2,28,29,31)/b5-4+. The maximum absolute atomic E-state index is 13.9. The Balaban J connectivity index is 2.12. The normalized spacial score (nSPS) is 13.0. The summed E-state index contributed by atoms with van der Waals surface area (Å²) in [7, 11) is 0. The smallest absolute Gasteiger partial charge is 0.383 e. The number of nitrogens with two attached hydrogens (primary N) is 1. The van der Waals surface area contributed by atoms with Gasteiger partial charge in [-0.2, -0.15) is 18.2 Å². The van der Waals surface area contributed by atoms with Crippen molar-refractivity contribution in [2.75, 3.05) is 5.73 Å². The van der Waals surface area contributed by atoms with Crippen LogP contribution in [0, 0.1) is 6.92 Å². The molecular weight excluding hydrogens is 518 g/mol.